The van der Waals surface area contributed by atoms with Gasteiger partial charge in [-0.25, -0.2) is 9.97 Å². The summed E-state index contributed by atoms with van der Waals surface area (Å²) in [5.41, 5.74) is 10.4. The van der Waals surface area contributed by atoms with Crippen molar-refractivity contribution >= 4 is 54.1 Å². The van der Waals surface area contributed by atoms with Gasteiger partial charge in [-0.15, -0.1) is 0 Å². The fourth-order valence-corrected chi connectivity index (χ4v) is 8.29. The first-order valence-corrected chi connectivity index (χ1v) is 18.6. The summed E-state index contributed by atoms with van der Waals surface area (Å²) in [5.74, 6) is 0.684. The Labute approximate surface area is 317 Å². The lowest BCUT2D eigenvalue weighted by atomic mass is 9.92. The van der Waals surface area contributed by atoms with E-state index < -0.39 is 0 Å². The van der Waals surface area contributed by atoms with Crippen LogP contribution in [-0.4, -0.2) is 19.5 Å². The second-order valence-corrected chi connectivity index (χ2v) is 14.1. The standard InChI is InChI=1S/C51H32N4/c1-3-12-33(13-4-1)47-31-48(36-23-25-49-45(30-36)46-32-52-27-26-50(46)55(49)38-16-5-2-6-17-38)54-51(53-47)37-15-11-14-34(28-37)35-22-24-43-41-20-8-7-18-39(41)40-19-9-10-21-42(40)44(43)29-35/h1-32H. The van der Waals surface area contributed by atoms with Gasteiger partial charge in [0.1, 0.15) is 0 Å². The quantitative estimate of drug-likeness (QED) is 0.168. The fourth-order valence-electron chi connectivity index (χ4n) is 8.29. The molecule has 256 valence electrons. The van der Waals surface area contributed by atoms with E-state index in [0.29, 0.717) is 5.82 Å². The van der Waals surface area contributed by atoms with E-state index in [-0.39, 0.29) is 0 Å². The Morgan fingerprint density at radius 3 is 1.62 bits per heavy atom. The molecule has 0 aliphatic rings. The summed E-state index contributed by atoms with van der Waals surface area (Å²) in [6, 6.07) is 64.6. The monoisotopic (exact) mass is 700 g/mol. The van der Waals surface area contributed by atoms with Gasteiger partial charge in [0.15, 0.2) is 5.82 Å². The number of fused-ring (bicyclic) bond motifs is 9. The number of pyridine rings is 1. The SMILES string of the molecule is c1ccc(-c2cc(-c3ccc4c(c3)c3cnccc3n4-c3ccccc3)nc(-c3cccc(-c4ccc5c6ccccc6c6ccccc6c5c4)c3)n2)cc1. The highest BCUT2D eigenvalue weighted by Crippen LogP contribution is 2.39. The second-order valence-electron chi connectivity index (χ2n) is 14.1. The van der Waals surface area contributed by atoms with Crippen molar-refractivity contribution in [1.82, 2.24) is 19.5 Å². The average molecular weight is 701 g/mol. The van der Waals surface area contributed by atoms with E-state index in [9.17, 15) is 0 Å². The Hall–Kier alpha value is -7.43. The van der Waals surface area contributed by atoms with E-state index in [4.69, 9.17) is 9.97 Å². The molecule has 4 nitrogen and oxygen atoms in total. The summed E-state index contributed by atoms with van der Waals surface area (Å²) in [6.45, 7) is 0. The zero-order valence-corrected chi connectivity index (χ0v) is 29.8. The van der Waals surface area contributed by atoms with E-state index in [0.717, 1.165) is 66.7 Å². The van der Waals surface area contributed by atoms with E-state index in [1.807, 2.05) is 18.5 Å². The van der Waals surface area contributed by atoms with Gasteiger partial charge in [-0.05, 0) is 92.0 Å². The van der Waals surface area contributed by atoms with Crippen LogP contribution in [0.15, 0.2) is 194 Å². The third-order valence-corrected chi connectivity index (χ3v) is 10.9. The Morgan fingerprint density at radius 2 is 0.873 bits per heavy atom. The summed E-state index contributed by atoms with van der Waals surface area (Å²) in [4.78, 5) is 15.0. The third-order valence-electron chi connectivity index (χ3n) is 10.9. The molecule has 0 saturated carbocycles. The summed E-state index contributed by atoms with van der Waals surface area (Å²) < 4.78 is 2.31. The van der Waals surface area contributed by atoms with Crippen molar-refractivity contribution in [1.29, 1.82) is 0 Å². The Bertz CT molecular complexity index is 3220. The number of aromatic nitrogens is 4. The molecule has 0 spiro atoms. The molecule has 3 aromatic heterocycles. The van der Waals surface area contributed by atoms with Gasteiger partial charge in [0, 0.05) is 45.5 Å². The first-order valence-electron chi connectivity index (χ1n) is 18.6. The molecule has 3 heterocycles. The Morgan fingerprint density at radius 1 is 0.327 bits per heavy atom. The van der Waals surface area contributed by atoms with E-state index in [2.05, 4.69) is 185 Å². The second kappa shape index (κ2) is 12.6. The van der Waals surface area contributed by atoms with Gasteiger partial charge < -0.3 is 4.57 Å². The van der Waals surface area contributed by atoms with E-state index in [1.54, 1.807) is 0 Å². The number of para-hydroxylation sites is 1. The number of rotatable bonds is 5. The van der Waals surface area contributed by atoms with Crippen LogP contribution in [-0.2, 0) is 0 Å². The zero-order valence-electron chi connectivity index (χ0n) is 29.8. The molecule has 11 rings (SSSR count). The van der Waals surface area contributed by atoms with Crippen molar-refractivity contribution in [2.45, 2.75) is 0 Å². The molecular weight excluding hydrogens is 669 g/mol. The molecule has 0 atom stereocenters. The van der Waals surface area contributed by atoms with Gasteiger partial charge in [0.25, 0.3) is 0 Å². The maximum atomic E-state index is 5.28. The van der Waals surface area contributed by atoms with Crippen LogP contribution in [0.5, 0.6) is 0 Å². The maximum absolute atomic E-state index is 5.28. The van der Waals surface area contributed by atoms with Crippen molar-refractivity contribution in [2.24, 2.45) is 0 Å². The highest BCUT2D eigenvalue weighted by atomic mass is 15.0. The van der Waals surface area contributed by atoms with Crippen LogP contribution in [0.3, 0.4) is 0 Å². The smallest absolute Gasteiger partial charge is 0.160 e. The number of nitrogens with zero attached hydrogens (tertiary/aromatic N) is 4. The molecule has 0 aliphatic heterocycles. The molecule has 0 unspecified atom stereocenters. The van der Waals surface area contributed by atoms with E-state index >= 15 is 0 Å². The topological polar surface area (TPSA) is 43.6 Å². The van der Waals surface area contributed by atoms with Crippen LogP contribution in [0.25, 0.3) is 105 Å². The first-order chi connectivity index (χ1) is 27.3. The minimum absolute atomic E-state index is 0.684. The lowest BCUT2D eigenvalue weighted by Crippen LogP contribution is -1.96. The molecule has 0 bridgehead atoms. The van der Waals surface area contributed by atoms with Crippen LogP contribution in [0.2, 0.25) is 0 Å². The van der Waals surface area contributed by atoms with Crippen molar-refractivity contribution in [2.75, 3.05) is 0 Å². The minimum Gasteiger partial charge on any atom is -0.309 e. The van der Waals surface area contributed by atoms with Gasteiger partial charge in [-0.3, -0.25) is 4.98 Å². The fraction of sp³-hybridized carbons (Fsp3) is 0. The van der Waals surface area contributed by atoms with Crippen molar-refractivity contribution in [3.63, 3.8) is 0 Å². The van der Waals surface area contributed by atoms with Crippen molar-refractivity contribution in [3.8, 4) is 50.7 Å². The normalized spacial score (nSPS) is 11.6. The highest BCUT2D eigenvalue weighted by molar-refractivity contribution is 6.25. The summed E-state index contributed by atoms with van der Waals surface area (Å²) in [5, 5.41) is 9.83. The van der Waals surface area contributed by atoms with E-state index in [1.165, 1.54) is 32.3 Å². The molecular formula is C51H32N4. The van der Waals surface area contributed by atoms with Gasteiger partial charge in [0.2, 0.25) is 0 Å². The van der Waals surface area contributed by atoms with Crippen LogP contribution in [0, 0.1) is 0 Å². The molecule has 0 fully saturated rings. The molecule has 11 aromatic rings. The highest BCUT2D eigenvalue weighted by Gasteiger charge is 2.17. The lowest BCUT2D eigenvalue weighted by molar-refractivity contribution is 1.17. The molecule has 0 N–H and O–H groups in total. The largest absolute Gasteiger partial charge is 0.309 e. The predicted molar refractivity (Wildman–Crippen MR) is 228 cm³/mol. The molecule has 4 heteroatoms. The maximum Gasteiger partial charge on any atom is 0.160 e. The molecule has 0 aliphatic carbocycles. The van der Waals surface area contributed by atoms with Gasteiger partial charge in [-0.1, -0.05) is 133 Å². The minimum atomic E-state index is 0.684. The summed E-state index contributed by atoms with van der Waals surface area (Å²) in [7, 11) is 0. The van der Waals surface area contributed by atoms with Crippen LogP contribution < -0.4 is 0 Å². The summed E-state index contributed by atoms with van der Waals surface area (Å²) >= 11 is 0. The summed E-state index contributed by atoms with van der Waals surface area (Å²) in [6.07, 6.45) is 3.83. The van der Waals surface area contributed by atoms with Gasteiger partial charge in [-0.2, -0.15) is 0 Å². The van der Waals surface area contributed by atoms with Crippen LogP contribution in [0.1, 0.15) is 0 Å². The number of hydrogen-bond acceptors (Lipinski definition) is 3. The number of benzene rings is 8. The third kappa shape index (κ3) is 5.19. The Balaban J connectivity index is 1.07. The molecule has 0 saturated heterocycles. The van der Waals surface area contributed by atoms with Crippen LogP contribution >= 0.6 is 0 Å². The lowest BCUT2D eigenvalue weighted by Gasteiger charge is -2.13. The van der Waals surface area contributed by atoms with Crippen LogP contribution in [0.4, 0.5) is 0 Å². The molecule has 55 heavy (non-hydrogen) atoms. The average Bonchev–Trinajstić information content (AvgIpc) is 3.60. The zero-order chi connectivity index (χ0) is 36.3. The predicted octanol–water partition coefficient (Wildman–Crippen LogP) is 13.1. The van der Waals surface area contributed by atoms with Gasteiger partial charge >= 0.3 is 0 Å². The molecule has 0 amide bonds. The molecule has 8 aromatic carbocycles. The van der Waals surface area contributed by atoms with Gasteiger partial charge in [0.05, 0.1) is 22.4 Å². The number of hydrogen-bond donors (Lipinski definition) is 0. The first kappa shape index (κ1) is 31.1. The van der Waals surface area contributed by atoms with Crippen molar-refractivity contribution < 1.29 is 0 Å². The van der Waals surface area contributed by atoms with Crippen molar-refractivity contribution in [3.05, 3.63) is 194 Å². The Kier molecular flexibility index (Phi) is 7.14. The molecule has 0 radical (unpaired) electrons.